The first-order valence-corrected chi connectivity index (χ1v) is 9.78. The largest absolute Gasteiger partial charge is 0.497 e. The van der Waals surface area contributed by atoms with Gasteiger partial charge in [0.05, 0.1) is 18.6 Å². The van der Waals surface area contributed by atoms with E-state index in [2.05, 4.69) is 16.6 Å². The summed E-state index contributed by atoms with van der Waals surface area (Å²) in [5.41, 5.74) is 0. The first-order valence-electron chi connectivity index (χ1n) is 8.30. The Balaban J connectivity index is 1.56. The quantitative estimate of drug-likeness (QED) is 0.666. The summed E-state index contributed by atoms with van der Waals surface area (Å²) in [4.78, 5) is 0.135. The number of hydrogen-bond donors (Lipinski definition) is 1. The molecule has 3 aromatic carbocycles. The zero-order chi connectivity index (χ0) is 19.1. The molecule has 0 amide bonds. The molecule has 0 bridgehead atoms. The van der Waals surface area contributed by atoms with Crippen LogP contribution in [0.1, 0.15) is 0 Å². The minimum absolute atomic E-state index is 0.00155. The number of hydrogen-bond acceptors (Lipinski definition) is 4. The van der Waals surface area contributed by atoms with E-state index in [-0.39, 0.29) is 18.0 Å². The van der Waals surface area contributed by atoms with Crippen LogP contribution in [0.5, 0.6) is 11.5 Å². The van der Waals surface area contributed by atoms with Crippen molar-refractivity contribution in [2.24, 2.45) is 0 Å². The fraction of sp³-hybridized carbons (Fsp3) is 0.143. The summed E-state index contributed by atoms with van der Waals surface area (Å²) in [6.45, 7) is 0.174. The number of benzene rings is 3. The van der Waals surface area contributed by atoms with Crippen LogP contribution in [-0.2, 0) is 10.0 Å². The minimum Gasteiger partial charge on any atom is -0.497 e. The third kappa shape index (κ3) is 4.79. The van der Waals surface area contributed by atoms with Gasteiger partial charge in [-0.1, -0.05) is 54.3 Å². The maximum Gasteiger partial charge on any atom is 0.241 e. The van der Waals surface area contributed by atoms with E-state index in [1.807, 2.05) is 42.5 Å². The summed E-state index contributed by atoms with van der Waals surface area (Å²) in [6, 6.07) is 20.0. The average Bonchev–Trinajstić information content (AvgIpc) is 2.70. The molecule has 0 radical (unpaired) electrons. The molecule has 3 rings (SSSR count). The van der Waals surface area contributed by atoms with Gasteiger partial charge in [0.1, 0.15) is 18.1 Å². The second-order valence-corrected chi connectivity index (χ2v) is 7.39. The Labute approximate surface area is 159 Å². The fourth-order valence-electron chi connectivity index (χ4n) is 2.53. The molecule has 0 saturated heterocycles. The summed E-state index contributed by atoms with van der Waals surface area (Å²) in [7, 11) is -2.15. The third-order valence-corrected chi connectivity index (χ3v) is 5.28. The standard InChI is InChI=1S/C21H19NO4S/c1-25-18-10-7-11-19(16-18)27(23,24)22-14-4-5-15-26-21-13-6-9-17-8-2-3-12-20(17)21/h2-3,6-13,16,22H,14-15H2,1H3. The van der Waals surface area contributed by atoms with Crippen molar-refractivity contribution in [2.75, 3.05) is 20.3 Å². The molecule has 138 valence electrons. The maximum atomic E-state index is 12.2. The van der Waals surface area contributed by atoms with E-state index in [1.165, 1.54) is 19.2 Å². The van der Waals surface area contributed by atoms with Crippen molar-refractivity contribution in [3.05, 3.63) is 66.7 Å². The van der Waals surface area contributed by atoms with Crippen LogP contribution in [0.4, 0.5) is 0 Å². The first kappa shape index (κ1) is 18.8. The Morgan fingerprint density at radius 3 is 2.59 bits per heavy atom. The van der Waals surface area contributed by atoms with Crippen LogP contribution in [0.15, 0.2) is 71.6 Å². The summed E-state index contributed by atoms with van der Waals surface area (Å²) < 4.78 is 37.7. The van der Waals surface area contributed by atoms with Crippen LogP contribution in [0.2, 0.25) is 0 Å². The van der Waals surface area contributed by atoms with E-state index in [0.29, 0.717) is 5.75 Å². The van der Waals surface area contributed by atoms with Crippen LogP contribution in [0.25, 0.3) is 10.8 Å². The number of ether oxygens (including phenoxy) is 2. The third-order valence-electron chi connectivity index (χ3n) is 3.88. The van der Waals surface area contributed by atoms with Gasteiger partial charge in [-0.3, -0.25) is 0 Å². The molecule has 1 N–H and O–H groups in total. The monoisotopic (exact) mass is 381 g/mol. The van der Waals surface area contributed by atoms with E-state index >= 15 is 0 Å². The fourth-order valence-corrected chi connectivity index (χ4v) is 3.49. The lowest BCUT2D eigenvalue weighted by molar-refractivity contribution is 0.374. The van der Waals surface area contributed by atoms with E-state index in [4.69, 9.17) is 9.47 Å². The molecule has 5 nitrogen and oxygen atoms in total. The predicted molar refractivity (Wildman–Crippen MR) is 105 cm³/mol. The number of sulfonamides is 1. The lowest BCUT2D eigenvalue weighted by Crippen LogP contribution is -2.24. The minimum atomic E-state index is -3.63. The molecule has 0 unspecified atom stereocenters. The average molecular weight is 381 g/mol. The van der Waals surface area contributed by atoms with E-state index in [1.54, 1.807) is 12.1 Å². The highest BCUT2D eigenvalue weighted by Gasteiger charge is 2.13. The molecule has 0 aliphatic heterocycles. The van der Waals surface area contributed by atoms with Gasteiger partial charge < -0.3 is 9.47 Å². The zero-order valence-corrected chi connectivity index (χ0v) is 15.6. The highest BCUT2D eigenvalue weighted by atomic mass is 32.2. The van der Waals surface area contributed by atoms with Gasteiger partial charge in [-0.25, -0.2) is 8.42 Å². The van der Waals surface area contributed by atoms with Gasteiger partial charge in [0, 0.05) is 11.5 Å². The zero-order valence-electron chi connectivity index (χ0n) is 14.8. The Morgan fingerprint density at radius 2 is 1.74 bits per heavy atom. The Kier molecular flexibility index (Phi) is 5.97. The molecule has 0 spiro atoms. The van der Waals surface area contributed by atoms with E-state index < -0.39 is 10.0 Å². The number of methoxy groups -OCH3 is 1. The second-order valence-electron chi connectivity index (χ2n) is 5.62. The maximum absolute atomic E-state index is 12.2. The van der Waals surface area contributed by atoms with Crippen LogP contribution in [0, 0.1) is 11.8 Å². The van der Waals surface area contributed by atoms with Gasteiger partial charge >= 0.3 is 0 Å². The van der Waals surface area contributed by atoms with Gasteiger partial charge in [0.15, 0.2) is 0 Å². The van der Waals surface area contributed by atoms with Crippen molar-refractivity contribution in [1.82, 2.24) is 4.72 Å². The molecule has 0 fully saturated rings. The number of rotatable bonds is 6. The molecule has 0 saturated carbocycles. The predicted octanol–water partition coefficient (Wildman–Crippen LogP) is 3.21. The normalized spacial score (nSPS) is 10.9. The van der Waals surface area contributed by atoms with E-state index in [0.717, 1.165) is 16.5 Å². The molecular formula is C21H19NO4S. The van der Waals surface area contributed by atoms with Gasteiger partial charge in [0.25, 0.3) is 0 Å². The van der Waals surface area contributed by atoms with Crippen molar-refractivity contribution in [1.29, 1.82) is 0 Å². The van der Waals surface area contributed by atoms with Gasteiger partial charge in [-0.2, -0.15) is 4.72 Å². The van der Waals surface area contributed by atoms with E-state index in [9.17, 15) is 8.42 Å². The number of fused-ring (bicyclic) bond motifs is 1. The van der Waals surface area contributed by atoms with Crippen LogP contribution in [0.3, 0.4) is 0 Å². The SMILES string of the molecule is COc1cccc(S(=O)(=O)NCC#CCOc2cccc3ccccc23)c1. The summed E-state index contributed by atoms with van der Waals surface area (Å²) in [6.07, 6.45) is 0. The van der Waals surface area contributed by atoms with Crippen molar-refractivity contribution >= 4 is 20.8 Å². The summed E-state index contributed by atoms with van der Waals surface area (Å²) >= 11 is 0. The van der Waals surface area contributed by atoms with Crippen molar-refractivity contribution in [2.45, 2.75) is 4.90 Å². The Bertz CT molecular complexity index is 1090. The van der Waals surface area contributed by atoms with Crippen LogP contribution < -0.4 is 14.2 Å². The molecule has 27 heavy (non-hydrogen) atoms. The van der Waals surface area contributed by atoms with Crippen LogP contribution in [-0.4, -0.2) is 28.7 Å². The Hall–Kier alpha value is -3.01. The molecule has 0 aliphatic rings. The van der Waals surface area contributed by atoms with Crippen molar-refractivity contribution < 1.29 is 17.9 Å². The summed E-state index contributed by atoms with van der Waals surface area (Å²) in [5, 5.41) is 2.11. The molecular weight excluding hydrogens is 362 g/mol. The molecule has 3 aromatic rings. The van der Waals surface area contributed by atoms with Crippen LogP contribution >= 0.6 is 0 Å². The molecule has 0 heterocycles. The topological polar surface area (TPSA) is 64.6 Å². The molecule has 0 atom stereocenters. The number of nitrogens with one attached hydrogen (secondary N) is 1. The highest BCUT2D eigenvalue weighted by molar-refractivity contribution is 7.89. The molecule has 0 aliphatic carbocycles. The smallest absolute Gasteiger partial charge is 0.241 e. The Morgan fingerprint density at radius 1 is 0.963 bits per heavy atom. The molecule has 6 heteroatoms. The van der Waals surface area contributed by atoms with Crippen molar-refractivity contribution in [3.8, 4) is 23.3 Å². The van der Waals surface area contributed by atoms with Gasteiger partial charge in [-0.15, -0.1) is 0 Å². The highest BCUT2D eigenvalue weighted by Crippen LogP contribution is 2.24. The van der Waals surface area contributed by atoms with Crippen molar-refractivity contribution in [3.63, 3.8) is 0 Å². The lowest BCUT2D eigenvalue weighted by atomic mass is 10.1. The summed E-state index contributed by atoms with van der Waals surface area (Å²) in [5.74, 6) is 6.81. The van der Waals surface area contributed by atoms with Gasteiger partial charge in [0.2, 0.25) is 10.0 Å². The lowest BCUT2D eigenvalue weighted by Gasteiger charge is -2.06. The van der Waals surface area contributed by atoms with Gasteiger partial charge in [-0.05, 0) is 23.6 Å². The second kappa shape index (κ2) is 8.58. The molecule has 0 aromatic heterocycles. The first-order chi connectivity index (χ1) is 13.1.